The second-order valence-electron chi connectivity index (χ2n) is 3.23. The van der Waals surface area contributed by atoms with E-state index in [-0.39, 0.29) is 11.7 Å². The lowest BCUT2D eigenvalue weighted by Gasteiger charge is -2.06. The van der Waals surface area contributed by atoms with Crippen LogP contribution in [0.4, 0.5) is 5.69 Å². The van der Waals surface area contributed by atoms with Crippen LogP contribution >= 0.6 is 23.4 Å². The molecule has 3 N–H and O–H groups in total. The fraction of sp³-hybridized carbons (Fsp3) is 0.273. The summed E-state index contributed by atoms with van der Waals surface area (Å²) < 4.78 is 0. The average Bonchev–Trinajstić information content (AvgIpc) is 2.28. The van der Waals surface area contributed by atoms with E-state index in [9.17, 15) is 4.79 Å². The van der Waals surface area contributed by atoms with Gasteiger partial charge < -0.3 is 11.1 Å². The van der Waals surface area contributed by atoms with Gasteiger partial charge >= 0.3 is 0 Å². The van der Waals surface area contributed by atoms with Crippen molar-refractivity contribution in [2.24, 2.45) is 0 Å². The van der Waals surface area contributed by atoms with Crippen molar-refractivity contribution in [1.82, 2.24) is 5.32 Å². The zero-order chi connectivity index (χ0) is 12.7. The van der Waals surface area contributed by atoms with Crippen LogP contribution in [0.5, 0.6) is 0 Å². The molecule has 0 radical (unpaired) electrons. The Kier molecular flexibility index (Phi) is 5.67. The summed E-state index contributed by atoms with van der Waals surface area (Å²) in [6.45, 7) is 0.381. The Morgan fingerprint density at radius 1 is 1.59 bits per heavy atom. The van der Waals surface area contributed by atoms with Crippen molar-refractivity contribution in [3.8, 4) is 6.07 Å². The monoisotopic (exact) mass is 269 g/mol. The predicted molar refractivity (Wildman–Crippen MR) is 69.8 cm³/mol. The van der Waals surface area contributed by atoms with Crippen molar-refractivity contribution in [3.05, 3.63) is 23.2 Å². The van der Waals surface area contributed by atoms with Gasteiger partial charge in [-0.1, -0.05) is 11.6 Å². The number of halogens is 1. The van der Waals surface area contributed by atoms with Crippen LogP contribution in [0.25, 0.3) is 0 Å². The fourth-order valence-corrected chi connectivity index (χ4v) is 2.06. The number of nitriles is 1. The smallest absolute Gasteiger partial charge is 0.230 e. The normalized spacial score (nSPS) is 9.65. The first kappa shape index (κ1) is 13.7. The number of rotatable bonds is 5. The van der Waals surface area contributed by atoms with Crippen LogP contribution in [0, 0.1) is 11.3 Å². The highest BCUT2D eigenvalue weighted by atomic mass is 35.5. The van der Waals surface area contributed by atoms with Gasteiger partial charge in [0.25, 0.3) is 0 Å². The van der Waals surface area contributed by atoms with Crippen LogP contribution in [0.15, 0.2) is 23.1 Å². The van der Waals surface area contributed by atoms with Crippen LogP contribution in [0.3, 0.4) is 0 Å². The summed E-state index contributed by atoms with van der Waals surface area (Å²) in [6.07, 6.45) is 0.319. The molecule has 0 fully saturated rings. The molecule has 0 aliphatic heterocycles. The summed E-state index contributed by atoms with van der Waals surface area (Å²) in [5, 5.41) is 11.5. The van der Waals surface area contributed by atoms with Crippen LogP contribution in [-0.4, -0.2) is 18.2 Å². The van der Waals surface area contributed by atoms with Gasteiger partial charge in [-0.25, -0.2) is 0 Å². The van der Waals surface area contributed by atoms with E-state index < -0.39 is 0 Å². The van der Waals surface area contributed by atoms with Crippen LogP contribution in [0.1, 0.15) is 6.42 Å². The van der Waals surface area contributed by atoms with Crippen molar-refractivity contribution in [2.45, 2.75) is 11.3 Å². The Labute approximate surface area is 109 Å². The lowest BCUT2D eigenvalue weighted by atomic mass is 10.3. The molecule has 1 aromatic carbocycles. The topological polar surface area (TPSA) is 78.9 Å². The van der Waals surface area contributed by atoms with E-state index in [0.717, 1.165) is 4.90 Å². The van der Waals surface area contributed by atoms with Gasteiger partial charge in [0.05, 0.1) is 18.2 Å². The van der Waals surface area contributed by atoms with Gasteiger partial charge in [0, 0.05) is 22.2 Å². The maximum Gasteiger partial charge on any atom is 0.230 e. The Bertz CT molecular complexity index is 445. The molecule has 4 nitrogen and oxygen atoms in total. The molecule has 0 bridgehead atoms. The molecule has 0 saturated carbocycles. The third-order valence-electron chi connectivity index (χ3n) is 1.89. The van der Waals surface area contributed by atoms with Gasteiger partial charge in [0.1, 0.15) is 0 Å². The van der Waals surface area contributed by atoms with Gasteiger partial charge in [-0.15, -0.1) is 11.8 Å². The highest BCUT2D eigenvalue weighted by molar-refractivity contribution is 8.00. The molecule has 0 aliphatic carbocycles. The number of thioether (sulfide) groups is 1. The predicted octanol–water partition coefficient (Wildman–Crippen LogP) is 2.04. The molecular formula is C11H12ClN3OS. The van der Waals surface area contributed by atoms with Crippen molar-refractivity contribution < 1.29 is 4.79 Å². The number of nitrogens with two attached hydrogens (primary N) is 1. The number of amides is 1. The SMILES string of the molecule is N#CCCNC(=O)CSc1ccc(Cl)cc1N. The van der Waals surface area contributed by atoms with Gasteiger partial charge in [-0.05, 0) is 18.2 Å². The molecule has 1 aromatic rings. The zero-order valence-corrected chi connectivity index (χ0v) is 10.6. The summed E-state index contributed by atoms with van der Waals surface area (Å²) in [5.74, 6) is 0.164. The van der Waals surface area contributed by atoms with E-state index in [1.54, 1.807) is 18.2 Å². The molecule has 6 heteroatoms. The fourth-order valence-electron chi connectivity index (χ4n) is 1.10. The minimum absolute atomic E-state index is 0.111. The Balaban J connectivity index is 2.40. The third kappa shape index (κ3) is 4.98. The van der Waals surface area contributed by atoms with Crippen molar-refractivity contribution >= 4 is 35.0 Å². The third-order valence-corrected chi connectivity index (χ3v) is 3.21. The second-order valence-corrected chi connectivity index (χ2v) is 4.68. The molecule has 0 spiro atoms. The van der Waals surface area contributed by atoms with E-state index in [1.807, 2.05) is 6.07 Å². The summed E-state index contributed by atoms with van der Waals surface area (Å²) in [5.41, 5.74) is 6.31. The van der Waals surface area contributed by atoms with E-state index >= 15 is 0 Å². The number of nitrogen functional groups attached to an aromatic ring is 1. The molecular weight excluding hydrogens is 258 g/mol. The lowest BCUT2D eigenvalue weighted by molar-refractivity contribution is -0.118. The first-order valence-corrected chi connectivity index (χ1v) is 6.31. The molecule has 17 heavy (non-hydrogen) atoms. The van der Waals surface area contributed by atoms with Crippen LogP contribution < -0.4 is 11.1 Å². The van der Waals surface area contributed by atoms with Gasteiger partial charge in [-0.3, -0.25) is 4.79 Å². The number of carbonyl (C=O) groups is 1. The number of carbonyl (C=O) groups excluding carboxylic acids is 1. The largest absolute Gasteiger partial charge is 0.398 e. The number of hydrogen-bond acceptors (Lipinski definition) is 4. The van der Waals surface area contributed by atoms with Crippen molar-refractivity contribution in [1.29, 1.82) is 5.26 Å². The lowest BCUT2D eigenvalue weighted by Crippen LogP contribution is -2.25. The zero-order valence-electron chi connectivity index (χ0n) is 9.07. The highest BCUT2D eigenvalue weighted by Crippen LogP contribution is 2.27. The molecule has 0 heterocycles. The summed E-state index contributed by atoms with van der Waals surface area (Å²) in [7, 11) is 0. The summed E-state index contributed by atoms with van der Waals surface area (Å²) in [6, 6.07) is 7.12. The molecule has 1 rings (SSSR count). The summed E-state index contributed by atoms with van der Waals surface area (Å²) in [4.78, 5) is 12.2. The number of anilines is 1. The van der Waals surface area contributed by atoms with Crippen molar-refractivity contribution in [3.63, 3.8) is 0 Å². The standard InChI is InChI=1S/C11H12ClN3OS/c12-8-2-3-10(9(14)6-8)17-7-11(16)15-5-1-4-13/h2-3,6H,1,5,7,14H2,(H,15,16). The molecule has 1 amide bonds. The maximum atomic E-state index is 11.4. The Morgan fingerprint density at radius 3 is 3.00 bits per heavy atom. The first-order valence-electron chi connectivity index (χ1n) is 4.95. The number of benzene rings is 1. The first-order chi connectivity index (χ1) is 8.13. The number of nitrogens with one attached hydrogen (secondary N) is 1. The number of nitrogens with zero attached hydrogens (tertiary/aromatic N) is 1. The minimum atomic E-state index is -0.111. The molecule has 0 unspecified atom stereocenters. The quantitative estimate of drug-likeness (QED) is 0.487. The Hall–Kier alpha value is -1.38. The molecule has 0 saturated heterocycles. The summed E-state index contributed by atoms with van der Waals surface area (Å²) >= 11 is 7.11. The van der Waals surface area contributed by atoms with E-state index in [1.165, 1.54) is 11.8 Å². The molecule has 0 aliphatic rings. The van der Waals surface area contributed by atoms with Crippen LogP contribution in [0.2, 0.25) is 5.02 Å². The number of hydrogen-bond donors (Lipinski definition) is 2. The molecule has 90 valence electrons. The average molecular weight is 270 g/mol. The van der Waals surface area contributed by atoms with Gasteiger partial charge in [0.2, 0.25) is 5.91 Å². The van der Waals surface area contributed by atoms with E-state index in [4.69, 9.17) is 22.6 Å². The van der Waals surface area contributed by atoms with Gasteiger partial charge in [-0.2, -0.15) is 5.26 Å². The molecule has 0 aromatic heterocycles. The van der Waals surface area contributed by atoms with Crippen molar-refractivity contribution in [2.75, 3.05) is 18.0 Å². The van der Waals surface area contributed by atoms with Gasteiger partial charge in [0.15, 0.2) is 0 Å². The highest BCUT2D eigenvalue weighted by Gasteiger charge is 2.05. The molecule has 0 atom stereocenters. The maximum absolute atomic E-state index is 11.4. The Morgan fingerprint density at radius 2 is 2.35 bits per heavy atom. The van der Waals surface area contributed by atoms with E-state index in [0.29, 0.717) is 23.7 Å². The van der Waals surface area contributed by atoms with E-state index in [2.05, 4.69) is 5.32 Å². The van der Waals surface area contributed by atoms with Crippen LogP contribution in [-0.2, 0) is 4.79 Å². The second kappa shape index (κ2) is 7.05. The minimum Gasteiger partial charge on any atom is -0.398 e.